The van der Waals surface area contributed by atoms with Crippen LogP contribution in [-0.2, 0) is 6.54 Å². The van der Waals surface area contributed by atoms with Gasteiger partial charge in [0, 0.05) is 6.54 Å². The fourth-order valence-corrected chi connectivity index (χ4v) is 1.63. The van der Waals surface area contributed by atoms with Gasteiger partial charge in [0.05, 0.1) is 6.61 Å². The van der Waals surface area contributed by atoms with E-state index >= 15 is 0 Å². The Morgan fingerprint density at radius 1 is 1.19 bits per heavy atom. The van der Waals surface area contributed by atoms with E-state index in [2.05, 4.69) is 18.7 Å². The average Bonchev–Trinajstić information content (AvgIpc) is 2.30. The maximum absolute atomic E-state index is 9.58. The summed E-state index contributed by atoms with van der Waals surface area (Å²) in [5, 5.41) is 9.58. The lowest BCUT2D eigenvalue weighted by molar-refractivity contribution is 0.292. The molecule has 0 amide bonds. The summed E-state index contributed by atoms with van der Waals surface area (Å²) in [5.74, 6) is 0.789. The summed E-state index contributed by atoms with van der Waals surface area (Å²) < 4.78 is 5.36. The van der Waals surface area contributed by atoms with Gasteiger partial charge in [-0.3, -0.25) is 4.90 Å². The second kappa shape index (κ2) is 6.38. The Morgan fingerprint density at radius 3 is 2.44 bits per heavy atom. The zero-order valence-corrected chi connectivity index (χ0v) is 10.4. The van der Waals surface area contributed by atoms with Crippen molar-refractivity contribution in [3.63, 3.8) is 0 Å². The smallest absolute Gasteiger partial charge is 0.161 e. The normalized spacial score (nSPS) is 10.8. The summed E-state index contributed by atoms with van der Waals surface area (Å²) in [7, 11) is 0. The minimum Gasteiger partial charge on any atom is -0.504 e. The molecule has 0 bridgehead atoms. The van der Waals surface area contributed by atoms with Crippen LogP contribution in [0.25, 0.3) is 0 Å². The third kappa shape index (κ3) is 3.42. The van der Waals surface area contributed by atoms with Crippen LogP contribution in [0.3, 0.4) is 0 Å². The molecule has 1 aromatic carbocycles. The highest BCUT2D eigenvalue weighted by Crippen LogP contribution is 2.27. The number of benzene rings is 1. The average molecular weight is 223 g/mol. The Labute approximate surface area is 97.7 Å². The number of aromatic hydroxyl groups is 1. The topological polar surface area (TPSA) is 32.7 Å². The van der Waals surface area contributed by atoms with E-state index in [1.54, 1.807) is 6.07 Å². The first-order valence-electron chi connectivity index (χ1n) is 5.88. The summed E-state index contributed by atoms with van der Waals surface area (Å²) in [6.45, 7) is 9.73. The van der Waals surface area contributed by atoms with Crippen molar-refractivity contribution in [3.8, 4) is 11.5 Å². The number of phenolic OH excluding ortho intramolecular Hbond substituents is 1. The van der Waals surface area contributed by atoms with Crippen LogP contribution >= 0.6 is 0 Å². The summed E-state index contributed by atoms with van der Waals surface area (Å²) in [4.78, 5) is 2.32. The number of ether oxygens (including phenoxy) is 1. The zero-order valence-electron chi connectivity index (χ0n) is 10.4. The molecule has 1 rings (SSSR count). The highest BCUT2D eigenvalue weighted by atomic mass is 16.5. The largest absolute Gasteiger partial charge is 0.504 e. The van der Waals surface area contributed by atoms with Crippen molar-refractivity contribution in [2.75, 3.05) is 19.7 Å². The van der Waals surface area contributed by atoms with Gasteiger partial charge in [-0.1, -0.05) is 19.9 Å². The molecule has 0 aliphatic carbocycles. The molecule has 0 spiro atoms. The van der Waals surface area contributed by atoms with Crippen molar-refractivity contribution in [1.29, 1.82) is 0 Å². The highest BCUT2D eigenvalue weighted by Gasteiger charge is 2.06. The quantitative estimate of drug-likeness (QED) is 0.804. The predicted molar refractivity (Wildman–Crippen MR) is 65.9 cm³/mol. The highest BCUT2D eigenvalue weighted by molar-refractivity contribution is 5.41. The second-order valence-corrected chi connectivity index (χ2v) is 3.70. The predicted octanol–water partition coefficient (Wildman–Crippen LogP) is 2.63. The third-order valence-electron chi connectivity index (χ3n) is 2.62. The SMILES string of the molecule is CCOc1cc(CN(CC)CC)ccc1O. The van der Waals surface area contributed by atoms with E-state index in [1.807, 2.05) is 19.1 Å². The van der Waals surface area contributed by atoms with Gasteiger partial charge >= 0.3 is 0 Å². The molecule has 16 heavy (non-hydrogen) atoms. The molecule has 0 saturated carbocycles. The van der Waals surface area contributed by atoms with E-state index in [0.29, 0.717) is 12.4 Å². The van der Waals surface area contributed by atoms with E-state index in [9.17, 15) is 5.11 Å². The Hall–Kier alpha value is -1.22. The number of hydrogen-bond acceptors (Lipinski definition) is 3. The molecule has 3 nitrogen and oxygen atoms in total. The van der Waals surface area contributed by atoms with Crippen LogP contribution in [0, 0.1) is 0 Å². The molecule has 3 heteroatoms. The lowest BCUT2D eigenvalue weighted by Gasteiger charge is -2.18. The minimum atomic E-state index is 0.213. The summed E-state index contributed by atoms with van der Waals surface area (Å²) >= 11 is 0. The first-order valence-corrected chi connectivity index (χ1v) is 5.88. The van der Waals surface area contributed by atoms with Gasteiger partial charge in [-0.2, -0.15) is 0 Å². The Morgan fingerprint density at radius 2 is 1.88 bits per heavy atom. The van der Waals surface area contributed by atoms with Gasteiger partial charge in [0.15, 0.2) is 11.5 Å². The lowest BCUT2D eigenvalue weighted by atomic mass is 10.2. The maximum Gasteiger partial charge on any atom is 0.161 e. The molecular weight excluding hydrogens is 202 g/mol. The van der Waals surface area contributed by atoms with Gasteiger partial charge < -0.3 is 9.84 Å². The van der Waals surface area contributed by atoms with Crippen LogP contribution in [0.2, 0.25) is 0 Å². The molecule has 0 aliphatic rings. The maximum atomic E-state index is 9.58. The van der Waals surface area contributed by atoms with Crippen LogP contribution in [0.15, 0.2) is 18.2 Å². The standard InChI is InChI=1S/C13H21NO2/c1-4-14(5-2)10-11-7-8-12(15)13(9-11)16-6-3/h7-9,15H,4-6,10H2,1-3H3. The van der Waals surface area contributed by atoms with Crippen LogP contribution < -0.4 is 4.74 Å². The molecule has 0 atom stereocenters. The molecule has 0 unspecified atom stereocenters. The molecular formula is C13H21NO2. The van der Waals surface area contributed by atoms with E-state index in [-0.39, 0.29) is 5.75 Å². The number of nitrogens with zero attached hydrogens (tertiary/aromatic N) is 1. The third-order valence-corrected chi connectivity index (χ3v) is 2.62. The molecule has 1 aromatic rings. The first-order chi connectivity index (χ1) is 7.71. The molecule has 0 radical (unpaired) electrons. The van der Waals surface area contributed by atoms with Crippen molar-refractivity contribution in [3.05, 3.63) is 23.8 Å². The van der Waals surface area contributed by atoms with Crippen LogP contribution in [0.1, 0.15) is 26.3 Å². The van der Waals surface area contributed by atoms with Crippen molar-refractivity contribution < 1.29 is 9.84 Å². The summed E-state index contributed by atoms with van der Waals surface area (Å²) in [6.07, 6.45) is 0. The van der Waals surface area contributed by atoms with Gasteiger partial charge in [0.25, 0.3) is 0 Å². The second-order valence-electron chi connectivity index (χ2n) is 3.70. The Kier molecular flexibility index (Phi) is 5.12. The van der Waals surface area contributed by atoms with Crippen LogP contribution in [0.5, 0.6) is 11.5 Å². The van der Waals surface area contributed by atoms with Crippen molar-refractivity contribution in [2.24, 2.45) is 0 Å². The molecule has 0 heterocycles. The Balaban J connectivity index is 2.77. The van der Waals surface area contributed by atoms with Gasteiger partial charge in [-0.05, 0) is 37.7 Å². The number of hydrogen-bond donors (Lipinski definition) is 1. The lowest BCUT2D eigenvalue weighted by Crippen LogP contribution is -2.22. The van der Waals surface area contributed by atoms with E-state index < -0.39 is 0 Å². The fourth-order valence-electron chi connectivity index (χ4n) is 1.63. The van der Waals surface area contributed by atoms with E-state index in [4.69, 9.17) is 4.74 Å². The Bertz CT molecular complexity index is 322. The molecule has 0 aliphatic heterocycles. The zero-order chi connectivity index (χ0) is 12.0. The van der Waals surface area contributed by atoms with Gasteiger partial charge in [0.1, 0.15) is 0 Å². The van der Waals surface area contributed by atoms with Gasteiger partial charge in [-0.25, -0.2) is 0 Å². The summed E-state index contributed by atoms with van der Waals surface area (Å²) in [5.41, 5.74) is 1.17. The van der Waals surface area contributed by atoms with Crippen molar-refractivity contribution in [2.45, 2.75) is 27.3 Å². The molecule has 0 fully saturated rings. The molecule has 0 aromatic heterocycles. The van der Waals surface area contributed by atoms with Crippen molar-refractivity contribution in [1.82, 2.24) is 4.90 Å². The summed E-state index contributed by atoms with van der Waals surface area (Å²) in [6, 6.07) is 5.55. The van der Waals surface area contributed by atoms with E-state index in [1.165, 1.54) is 5.56 Å². The number of phenols is 1. The molecule has 1 N–H and O–H groups in total. The van der Waals surface area contributed by atoms with Crippen molar-refractivity contribution >= 4 is 0 Å². The number of rotatable bonds is 6. The van der Waals surface area contributed by atoms with Gasteiger partial charge in [-0.15, -0.1) is 0 Å². The minimum absolute atomic E-state index is 0.213. The molecule has 0 saturated heterocycles. The first kappa shape index (κ1) is 12.8. The van der Waals surface area contributed by atoms with Crippen LogP contribution in [-0.4, -0.2) is 29.7 Å². The van der Waals surface area contributed by atoms with Gasteiger partial charge in [0.2, 0.25) is 0 Å². The monoisotopic (exact) mass is 223 g/mol. The van der Waals surface area contributed by atoms with E-state index in [0.717, 1.165) is 19.6 Å². The van der Waals surface area contributed by atoms with Crippen LogP contribution in [0.4, 0.5) is 0 Å². The molecule has 90 valence electrons. The fraction of sp³-hybridized carbons (Fsp3) is 0.538.